The molecule has 5 nitrogen and oxygen atoms in total. The minimum atomic E-state index is -0.545. The van der Waals surface area contributed by atoms with Crippen molar-refractivity contribution in [3.8, 4) is 5.75 Å². The quantitative estimate of drug-likeness (QED) is 0.908. The first-order chi connectivity index (χ1) is 9.74. The van der Waals surface area contributed by atoms with Gasteiger partial charge in [0.2, 0.25) is 0 Å². The van der Waals surface area contributed by atoms with Gasteiger partial charge in [-0.3, -0.25) is 0 Å². The number of nitrogens with two attached hydrogens (primary N) is 1. The van der Waals surface area contributed by atoms with E-state index in [9.17, 15) is 9.18 Å². The van der Waals surface area contributed by atoms with Crippen LogP contribution in [0.15, 0.2) is 24.3 Å². The van der Waals surface area contributed by atoms with E-state index in [1.165, 1.54) is 29.2 Å². The third kappa shape index (κ3) is 4.32. The van der Waals surface area contributed by atoms with Crippen LogP contribution >= 0.6 is 0 Å². The first-order valence-corrected chi connectivity index (χ1v) is 6.90. The van der Waals surface area contributed by atoms with E-state index >= 15 is 0 Å². The van der Waals surface area contributed by atoms with Crippen LogP contribution in [0.5, 0.6) is 5.75 Å². The van der Waals surface area contributed by atoms with E-state index in [0.717, 1.165) is 0 Å². The molecule has 2 rings (SSSR count). The second-order valence-electron chi connectivity index (χ2n) is 6.16. The van der Waals surface area contributed by atoms with Crippen molar-refractivity contribution >= 4 is 6.09 Å². The van der Waals surface area contributed by atoms with Crippen LogP contribution in [0, 0.1) is 5.82 Å². The zero-order valence-corrected chi connectivity index (χ0v) is 12.5. The minimum Gasteiger partial charge on any atom is -0.487 e. The van der Waals surface area contributed by atoms with E-state index < -0.39 is 11.7 Å². The number of benzene rings is 1. The average Bonchev–Trinajstić information content (AvgIpc) is 2.72. The van der Waals surface area contributed by atoms with Gasteiger partial charge < -0.3 is 20.1 Å². The smallest absolute Gasteiger partial charge is 0.410 e. The number of rotatable bonds is 2. The predicted molar refractivity (Wildman–Crippen MR) is 76.6 cm³/mol. The van der Waals surface area contributed by atoms with Gasteiger partial charge in [0, 0.05) is 6.54 Å². The molecule has 1 saturated heterocycles. The third-order valence-corrected chi connectivity index (χ3v) is 3.06. The molecule has 1 aliphatic heterocycles. The maximum Gasteiger partial charge on any atom is 0.410 e. The highest BCUT2D eigenvalue weighted by Crippen LogP contribution is 2.20. The molecule has 1 amide bonds. The molecule has 1 unspecified atom stereocenters. The molecule has 0 aliphatic carbocycles. The molecule has 1 aromatic carbocycles. The summed E-state index contributed by atoms with van der Waals surface area (Å²) in [6.07, 6.45) is -0.730. The highest BCUT2D eigenvalue weighted by molar-refractivity contribution is 5.68. The van der Waals surface area contributed by atoms with E-state index in [0.29, 0.717) is 18.8 Å². The molecule has 1 aliphatic rings. The van der Waals surface area contributed by atoms with Gasteiger partial charge in [-0.05, 0) is 45.0 Å². The van der Waals surface area contributed by atoms with Crippen LogP contribution in [0.4, 0.5) is 9.18 Å². The average molecular weight is 296 g/mol. The Balaban J connectivity index is 1.94. The van der Waals surface area contributed by atoms with Crippen LogP contribution in [0.3, 0.4) is 0 Å². The number of amides is 1. The second kappa shape index (κ2) is 5.89. The lowest BCUT2D eigenvalue weighted by Gasteiger charge is -2.24. The standard InChI is InChI=1S/C15H21FN2O3/c1-15(2,3)21-14(19)18-8-12(17)13(9-18)20-11-6-4-10(16)5-7-11/h4-7,12-13H,8-9,17H2,1-3H3/t12?,13-/m0/s1. The maximum atomic E-state index is 12.9. The second-order valence-corrected chi connectivity index (χ2v) is 6.16. The summed E-state index contributed by atoms with van der Waals surface area (Å²) in [7, 11) is 0. The van der Waals surface area contributed by atoms with Crippen molar-refractivity contribution in [2.75, 3.05) is 13.1 Å². The number of carbonyl (C=O) groups is 1. The molecule has 1 fully saturated rings. The minimum absolute atomic E-state index is 0.303. The largest absolute Gasteiger partial charge is 0.487 e. The van der Waals surface area contributed by atoms with Crippen molar-refractivity contribution in [3.63, 3.8) is 0 Å². The number of hydrogen-bond donors (Lipinski definition) is 1. The lowest BCUT2D eigenvalue weighted by molar-refractivity contribution is 0.0275. The summed E-state index contributed by atoms with van der Waals surface area (Å²) >= 11 is 0. The van der Waals surface area contributed by atoms with Gasteiger partial charge in [0.05, 0.1) is 12.6 Å². The van der Waals surface area contributed by atoms with Gasteiger partial charge in [0.25, 0.3) is 0 Å². The normalized spacial score (nSPS) is 22.2. The highest BCUT2D eigenvalue weighted by Gasteiger charge is 2.36. The Morgan fingerprint density at radius 1 is 1.29 bits per heavy atom. The first-order valence-electron chi connectivity index (χ1n) is 6.90. The van der Waals surface area contributed by atoms with Crippen LogP contribution in [-0.4, -0.2) is 41.8 Å². The summed E-state index contributed by atoms with van der Waals surface area (Å²) in [6, 6.07) is 5.42. The lowest BCUT2D eigenvalue weighted by Crippen LogP contribution is -2.37. The fourth-order valence-electron chi connectivity index (χ4n) is 2.09. The molecule has 0 spiro atoms. The SMILES string of the molecule is CC(C)(C)OC(=O)N1CC(N)[C@@H](Oc2ccc(F)cc2)C1. The van der Waals surface area contributed by atoms with Crippen LogP contribution in [0.2, 0.25) is 0 Å². The molecule has 1 aromatic rings. The van der Waals surface area contributed by atoms with E-state index in [1.807, 2.05) is 20.8 Å². The molecule has 1 heterocycles. The van der Waals surface area contributed by atoms with Crippen molar-refractivity contribution in [1.29, 1.82) is 0 Å². The topological polar surface area (TPSA) is 64.8 Å². The monoisotopic (exact) mass is 296 g/mol. The maximum absolute atomic E-state index is 12.9. The van der Waals surface area contributed by atoms with Gasteiger partial charge in [-0.1, -0.05) is 0 Å². The number of likely N-dealkylation sites (tertiary alicyclic amines) is 1. The van der Waals surface area contributed by atoms with Crippen LogP contribution in [-0.2, 0) is 4.74 Å². The molecule has 0 bridgehead atoms. The number of hydrogen-bond acceptors (Lipinski definition) is 4. The van der Waals surface area contributed by atoms with Gasteiger partial charge >= 0.3 is 6.09 Å². The molecule has 2 atom stereocenters. The fraction of sp³-hybridized carbons (Fsp3) is 0.533. The molecule has 0 saturated carbocycles. The first kappa shape index (κ1) is 15.6. The molecular formula is C15H21FN2O3. The third-order valence-electron chi connectivity index (χ3n) is 3.06. The highest BCUT2D eigenvalue weighted by atomic mass is 19.1. The Bertz CT molecular complexity index is 499. The number of ether oxygens (including phenoxy) is 2. The molecule has 0 radical (unpaired) electrons. The van der Waals surface area contributed by atoms with Crippen LogP contribution in [0.1, 0.15) is 20.8 Å². The molecule has 21 heavy (non-hydrogen) atoms. The molecular weight excluding hydrogens is 275 g/mol. The Morgan fingerprint density at radius 3 is 2.48 bits per heavy atom. The Kier molecular flexibility index (Phi) is 4.37. The van der Waals surface area contributed by atoms with Gasteiger partial charge in [0.15, 0.2) is 0 Å². The van der Waals surface area contributed by atoms with E-state index in [1.54, 1.807) is 0 Å². The predicted octanol–water partition coefficient (Wildman–Crippen LogP) is 2.15. The molecule has 2 N–H and O–H groups in total. The number of nitrogens with zero attached hydrogens (tertiary/aromatic N) is 1. The van der Waals surface area contributed by atoms with E-state index in [-0.39, 0.29) is 18.0 Å². The van der Waals surface area contributed by atoms with E-state index in [2.05, 4.69) is 0 Å². The summed E-state index contributed by atoms with van der Waals surface area (Å²) in [5, 5.41) is 0. The summed E-state index contributed by atoms with van der Waals surface area (Å²) in [5.41, 5.74) is 5.46. The lowest BCUT2D eigenvalue weighted by atomic mass is 10.2. The van der Waals surface area contributed by atoms with Crippen LogP contribution < -0.4 is 10.5 Å². The summed E-state index contributed by atoms with van der Waals surface area (Å²) in [5.74, 6) is 0.205. The van der Waals surface area contributed by atoms with Gasteiger partial charge in [0.1, 0.15) is 23.3 Å². The zero-order valence-electron chi connectivity index (χ0n) is 12.5. The molecule has 6 heteroatoms. The zero-order chi connectivity index (χ0) is 15.6. The van der Waals surface area contributed by atoms with Gasteiger partial charge in [-0.25, -0.2) is 9.18 Å². The van der Waals surface area contributed by atoms with Gasteiger partial charge in [-0.15, -0.1) is 0 Å². The summed E-state index contributed by atoms with van der Waals surface area (Å²) in [4.78, 5) is 13.5. The van der Waals surface area contributed by atoms with E-state index in [4.69, 9.17) is 15.2 Å². The van der Waals surface area contributed by atoms with Gasteiger partial charge in [-0.2, -0.15) is 0 Å². The van der Waals surface area contributed by atoms with Crippen molar-refractivity contribution < 1.29 is 18.7 Å². The Morgan fingerprint density at radius 2 is 1.90 bits per heavy atom. The summed E-state index contributed by atoms with van der Waals surface area (Å²) in [6.45, 7) is 6.17. The van der Waals surface area contributed by atoms with Crippen LogP contribution in [0.25, 0.3) is 0 Å². The van der Waals surface area contributed by atoms with Crippen molar-refractivity contribution in [2.24, 2.45) is 5.73 Å². The fourth-order valence-corrected chi connectivity index (χ4v) is 2.09. The van der Waals surface area contributed by atoms with Crippen molar-refractivity contribution in [2.45, 2.75) is 38.5 Å². The summed E-state index contributed by atoms with van der Waals surface area (Å²) < 4.78 is 23.9. The number of carbonyl (C=O) groups excluding carboxylic acids is 1. The molecule has 116 valence electrons. The Hall–Kier alpha value is -1.82. The van der Waals surface area contributed by atoms with Crippen molar-refractivity contribution in [1.82, 2.24) is 4.90 Å². The molecule has 0 aromatic heterocycles. The number of halogens is 1. The Labute approximate surface area is 123 Å². The van der Waals surface area contributed by atoms with Crippen molar-refractivity contribution in [3.05, 3.63) is 30.1 Å².